The van der Waals surface area contributed by atoms with Gasteiger partial charge in [-0.05, 0) is 18.9 Å². The van der Waals surface area contributed by atoms with Crippen molar-refractivity contribution < 1.29 is 19.6 Å². The Balaban J connectivity index is 2.04. The Bertz CT molecular complexity index is 601. The van der Waals surface area contributed by atoms with Crippen LogP contribution in [0.15, 0.2) is 24.3 Å². The standard InChI is InChI=1S/C14H16N2O5/c1-14(13(18)19)5-6-15(9-14)12(17)8-10-3-2-4-11(7-10)16(20)21/h2-4,7H,5-6,8-9H2,1H3,(H,18,19). The maximum Gasteiger partial charge on any atom is 0.311 e. The smallest absolute Gasteiger partial charge is 0.311 e. The number of nitro benzene ring substituents is 1. The Labute approximate surface area is 121 Å². The SMILES string of the molecule is CC1(C(=O)O)CCN(C(=O)Cc2cccc([N+](=O)[O-])c2)C1. The maximum atomic E-state index is 12.2. The normalized spacial score (nSPS) is 21.3. The molecule has 0 radical (unpaired) electrons. The summed E-state index contributed by atoms with van der Waals surface area (Å²) >= 11 is 0. The first kappa shape index (κ1) is 15.0. The number of aliphatic carboxylic acids is 1. The molecule has 1 fully saturated rings. The van der Waals surface area contributed by atoms with Gasteiger partial charge >= 0.3 is 5.97 Å². The highest BCUT2D eigenvalue weighted by Gasteiger charge is 2.41. The number of rotatable bonds is 4. The first-order chi connectivity index (χ1) is 9.82. The molecule has 1 aromatic carbocycles. The molecule has 1 atom stereocenters. The molecule has 0 bridgehead atoms. The highest BCUT2D eigenvalue weighted by atomic mass is 16.6. The minimum Gasteiger partial charge on any atom is -0.481 e. The van der Waals surface area contributed by atoms with Crippen LogP contribution in [0.5, 0.6) is 0 Å². The highest BCUT2D eigenvalue weighted by molar-refractivity contribution is 5.82. The van der Waals surface area contributed by atoms with Gasteiger partial charge in [0.15, 0.2) is 0 Å². The number of hydrogen-bond acceptors (Lipinski definition) is 4. The summed E-state index contributed by atoms with van der Waals surface area (Å²) in [6.45, 7) is 2.20. The van der Waals surface area contributed by atoms with Crippen molar-refractivity contribution in [2.24, 2.45) is 5.41 Å². The van der Waals surface area contributed by atoms with Gasteiger partial charge in [-0.2, -0.15) is 0 Å². The first-order valence-corrected chi connectivity index (χ1v) is 6.56. The van der Waals surface area contributed by atoms with Crippen LogP contribution in [0, 0.1) is 15.5 Å². The second-order valence-electron chi connectivity index (χ2n) is 5.53. The number of non-ortho nitro benzene ring substituents is 1. The summed E-state index contributed by atoms with van der Waals surface area (Å²) in [6.07, 6.45) is 0.459. The van der Waals surface area contributed by atoms with E-state index in [9.17, 15) is 19.7 Å². The lowest BCUT2D eigenvalue weighted by Crippen LogP contribution is -2.35. The topological polar surface area (TPSA) is 101 Å². The number of nitro groups is 1. The molecular weight excluding hydrogens is 276 g/mol. The summed E-state index contributed by atoms with van der Waals surface area (Å²) in [7, 11) is 0. The van der Waals surface area contributed by atoms with E-state index in [-0.39, 0.29) is 24.6 Å². The molecule has 0 aliphatic carbocycles. The molecule has 112 valence electrons. The van der Waals surface area contributed by atoms with E-state index in [2.05, 4.69) is 0 Å². The number of carbonyl (C=O) groups excluding carboxylic acids is 1. The fourth-order valence-electron chi connectivity index (χ4n) is 2.41. The van der Waals surface area contributed by atoms with Gasteiger partial charge in [0, 0.05) is 25.2 Å². The Kier molecular flexibility index (Phi) is 3.93. The van der Waals surface area contributed by atoms with Crippen LogP contribution in [0.1, 0.15) is 18.9 Å². The first-order valence-electron chi connectivity index (χ1n) is 6.56. The average Bonchev–Trinajstić information content (AvgIpc) is 2.83. The Morgan fingerprint density at radius 2 is 2.19 bits per heavy atom. The zero-order valence-electron chi connectivity index (χ0n) is 11.6. The number of nitrogens with zero attached hydrogens (tertiary/aromatic N) is 2. The van der Waals surface area contributed by atoms with E-state index in [4.69, 9.17) is 5.11 Å². The van der Waals surface area contributed by atoms with Gasteiger partial charge in [-0.15, -0.1) is 0 Å². The molecule has 0 spiro atoms. The van der Waals surface area contributed by atoms with Crippen LogP contribution in [-0.2, 0) is 16.0 Å². The van der Waals surface area contributed by atoms with E-state index >= 15 is 0 Å². The number of amides is 1. The molecule has 1 unspecified atom stereocenters. The molecule has 1 N–H and O–H groups in total. The molecule has 1 heterocycles. The van der Waals surface area contributed by atoms with Crippen LogP contribution in [-0.4, -0.2) is 39.9 Å². The average molecular weight is 292 g/mol. The predicted octanol–water partition coefficient (Wildman–Crippen LogP) is 1.46. The van der Waals surface area contributed by atoms with Crippen LogP contribution >= 0.6 is 0 Å². The monoisotopic (exact) mass is 292 g/mol. The second-order valence-corrected chi connectivity index (χ2v) is 5.53. The van der Waals surface area contributed by atoms with Gasteiger partial charge in [-0.1, -0.05) is 12.1 Å². The van der Waals surface area contributed by atoms with Gasteiger partial charge in [-0.3, -0.25) is 19.7 Å². The highest BCUT2D eigenvalue weighted by Crippen LogP contribution is 2.30. The number of benzene rings is 1. The zero-order chi connectivity index (χ0) is 15.6. The van der Waals surface area contributed by atoms with Crippen molar-refractivity contribution in [3.63, 3.8) is 0 Å². The maximum absolute atomic E-state index is 12.2. The second kappa shape index (κ2) is 5.51. The summed E-state index contributed by atoms with van der Waals surface area (Å²) < 4.78 is 0. The number of carboxylic acids is 1. The van der Waals surface area contributed by atoms with E-state index in [0.717, 1.165) is 0 Å². The third-order valence-corrected chi connectivity index (χ3v) is 3.82. The van der Waals surface area contributed by atoms with Gasteiger partial charge in [0.2, 0.25) is 5.91 Å². The number of likely N-dealkylation sites (tertiary alicyclic amines) is 1. The van der Waals surface area contributed by atoms with Gasteiger partial charge in [-0.25, -0.2) is 0 Å². The van der Waals surface area contributed by atoms with E-state index in [1.54, 1.807) is 13.0 Å². The van der Waals surface area contributed by atoms with Crippen molar-refractivity contribution in [1.82, 2.24) is 4.90 Å². The van der Waals surface area contributed by atoms with Crippen LogP contribution in [0.3, 0.4) is 0 Å². The Morgan fingerprint density at radius 3 is 2.76 bits per heavy atom. The van der Waals surface area contributed by atoms with Gasteiger partial charge in [0.1, 0.15) is 0 Å². The van der Waals surface area contributed by atoms with Crippen molar-refractivity contribution >= 4 is 17.6 Å². The van der Waals surface area contributed by atoms with E-state index in [1.807, 2.05) is 0 Å². The molecule has 2 rings (SSSR count). The van der Waals surface area contributed by atoms with Crippen LogP contribution in [0.4, 0.5) is 5.69 Å². The fourth-order valence-corrected chi connectivity index (χ4v) is 2.41. The molecule has 1 aliphatic heterocycles. The molecule has 7 nitrogen and oxygen atoms in total. The molecule has 1 amide bonds. The third kappa shape index (κ3) is 3.18. The summed E-state index contributed by atoms with van der Waals surface area (Å²) in [5.74, 6) is -1.12. The van der Waals surface area contributed by atoms with Gasteiger partial charge in [0.05, 0.1) is 16.8 Å². The Hall–Kier alpha value is -2.44. The minimum absolute atomic E-state index is 0.0391. The molecule has 7 heteroatoms. The summed E-state index contributed by atoms with van der Waals surface area (Å²) in [4.78, 5) is 35.0. The molecule has 1 aliphatic rings. The van der Waals surface area contributed by atoms with E-state index < -0.39 is 16.3 Å². The van der Waals surface area contributed by atoms with Crippen molar-refractivity contribution in [2.75, 3.05) is 13.1 Å². The van der Waals surface area contributed by atoms with Crippen LogP contribution in [0.2, 0.25) is 0 Å². The van der Waals surface area contributed by atoms with Crippen LogP contribution in [0.25, 0.3) is 0 Å². The van der Waals surface area contributed by atoms with Crippen molar-refractivity contribution in [2.45, 2.75) is 19.8 Å². The van der Waals surface area contributed by atoms with Gasteiger partial charge in [0.25, 0.3) is 5.69 Å². The zero-order valence-corrected chi connectivity index (χ0v) is 11.6. The number of carbonyl (C=O) groups is 2. The summed E-state index contributed by atoms with van der Waals surface area (Å²) in [5.41, 5.74) is -0.409. The molecule has 0 saturated carbocycles. The quantitative estimate of drug-likeness (QED) is 0.668. The van der Waals surface area contributed by atoms with Crippen molar-refractivity contribution in [3.8, 4) is 0 Å². The summed E-state index contributed by atoms with van der Waals surface area (Å²) in [5, 5.41) is 19.8. The van der Waals surface area contributed by atoms with Gasteiger partial charge < -0.3 is 10.0 Å². The lowest BCUT2D eigenvalue weighted by atomic mass is 9.90. The fraction of sp³-hybridized carbons (Fsp3) is 0.429. The summed E-state index contributed by atoms with van der Waals surface area (Å²) in [6, 6.07) is 5.92. The lowest BCUT2D eigenvalue weighted by Gasteiger charge is -2.20. The molecule has 1 aromatic rings. The lowest BCUT2D eigenvalue weighted by molar-refractivity contribution is -0.384. The largest absolute Gasteiger partial charge is 0.481 e. The van der Waals surface area contributed by atoms with E-state index in [1.165, 1.54) is 23.1 Å². The molecular formula is C14H16N2O5. The van der Waals surface area contributed by atoms with Crippen molar-refractivity contribution in [3.05, 3.63) is 39.9 Å². The Morgan fingerprint density at radius 1 is 1.48 bits per heavy atom. The number of hydrogen-bond donors (Lipinski definition) is 1. The van der Waals surface area contributed by atoms with Crippen LogP contribution < -0.4 is 0 Å². The molecule has 21 heavy (non-hydrogen) atoms. The predicted molar refractivity (Wildman–Crippen MR) is 73.7 cm³/mol. The van der Waals surface area contributed by atoms with E-state index in [0.29, 0.717) is 18.5 Å². The third-order valence-electron chi connectivity index (χ3n) is 3.82. The van der Waals surface area contributed by atoms with Crippen molar-refractivity contribution in [1.29, 1.82) is 0 Å². The number of carboxylic acid groups (broad SMARTS) is 1. The molecule has 0 aromatic heterocycles. The minimum atomic E-state index is -0.909. The molecule has 1 saturated heterocycles.